The first-order valence-corrected chi connectivity index (χ1v) is 18.8. The van der Waals surface area contributed by atoms with Gasteiger partial charge in [-0.2, -0.15) is 0 Å². The summed E-state index contributed by atoms with van der Waals surface area (Å²) in [5.41, 5.74) is 0. The van der Waals surface area contributed by atoms with Gasteiger partial charge in [-0.3, -0.25) is 0 Å². The summed E-state index contributed by atoms with van der Waals surface area (Å²) in [4.78, 5) is 0. The summed E-state index contributed by atoms with van der Waals surface area (Å²) in [6.45, 7) is 0. The molecule has 3 aromatic rings. The number of benzene rings is 3. The van der Waals surface area contributed by atoms with Crippen molar-refractivity contribution in [2.24, 2.45) is 0 Å². The SMILES string of the molecule is ClCCCCCCCCCCCCC=CCP(Br)(c1ccccc1)(c1ccccc1)c1ccccc1. The van der Waals surface area contributed by atoms with Crippen molar-refractivity contribution in [3.05, 3.63) is 103 Å². The summed E-state index contributed by atoms with van der Waals surface area (Å²) in [7, 11) is 0. The fraction of sp³-hybridized carbons (Fsp3) is 0.394. The Morgan fingerprint density at radius 3 is 1.25 bits per heavy atom. The van der Waals surface area contributed by atoms with Crippen molar-refractivity contribution in [3.63, 3.8) is 0 Å². The van der Waals surface area contributed by atoms with Crippen molar-refractivity contribution >= 4 is 48.3 Å². The molecule has 0 amide bonds. The zero-order chi connectivity index (χ0) is 25.4. The molecule has 0 aromatic heterocycles. The molecule has 0 bridgehead atoms. The van der Waals surface area contributed by atoms with Crippen LogP contribution in [0.4, 0.5) is 0 Å². The molecule has 3 aromatic carbocycles. The molecule has 0 heterocycles. The molecule has 0 saturated heterocycles. The molecule has 0 fully saturated rings. The normalized spacial score (nSPS) is 13.0. The Bertz CT molecular complexity index is 904. The predicted molar refractivity (Wildman–Crippen MR) is 170 cm³/mol. The van der Waals surface area contributed by atoms with Gasteiger partial charge in [0.2, 0.25) is 0 Å². The number of halogens is 2. The first-order valence-electron chi connectivity index (χ1n) is 13.8. The van der Waals surface area contributed by atoms with Gasteiger partial charge in [-0.15, -0.1) is 11.6 Å². The summed E-state index contributed by atoms with van der Waals surface area (Å²) >= 11 is 10.3. The number of hydrogen-bond acceptors (Lipinski definition) is 0. The second-order valence-corrected chi connectivity index (χ2v) is 19.2. The monoisotopic (exact) mass is 584 g/mol. The number of hydrogen-bond donors (Lipinski definition) is 0. The molecule has 0 aliphatic heterocycles. The van der Waals surface area contributed by atoms with Gasteiger partial charge >= 0.3 is 204 Å². The van der Waals surface area contributed by atoms with E-state index in [-0.39, 0.29) is 0 Å². The molecule has 36 heavy (non-hydrogen) atoms. The van der Waals surface area contributed by atoms with E-state index < -0.39 is 5.31 Å². The summed E-state index contributed by atoms with van der Waals surface area (Å²) < 4.78 is 0. The van der Waals surface area contributed by atoms with Crippen LogP contribution in [-0.4, -0.2) is 12.0 Å². The molecule has 0 spiro atoms. The number of allylic oxidation sites excluding steroid dienone is 2. The van der Waals surface area contributed by atoms with Gasteiger partial charge in [0.05, 0.1) is 0 Å². The third kappa shape index (κ3) is 7.80. The molecular weight excluding hydrogens is 543 g/mol. The van der Waals surface area contributed by atoms with Crippen LogP contribution in [0.3, 0.4) is 0 Å². The Labute approximate surface area is 233 Å². The summed E-state index contributed by atoms with van der Waals surface area (Å²) in [5.74, 6) is 0.818. The minimum atomic E-state index is -2.82. The Hall–Kier alpha value is -1.40. The van der Waals surface area contributed by atoms with Crippen molar-refractivity contribution in [3.8, 4) is 0 Å². The zero-order valence-corrected chi connectivity index (χ0v) is 24.9. The summed E-state index contributed by atoms with van der Waals surface area (Å²) in [6, 6.07) is 33.2. The van der Waals surface area contributed by atoms with Crippen molar-refractivity contribution in [1.82, 2.24) is 0 Å². The van der Waals surface area contributed by atoms with E-state index in [2.05, 4.69) is 119 Å². The molecule has 0 aliphatic carbocycles. The molecule has 0 aliphatic rings. The maximum atomic E-state index is 5.75. The van der Waals surface area contributed by atoms with E-state index in [1.54, 1.807) is 0 Å². The quantitative estimate of drug-likeness (QED) is 0.0640. The molecule has 0 saturated carbocycles. The first-order chi connectivity index (χ1) is 17.7. The molecule has 194 valence electrons. The van der Waals surface area contributed by atoms with Gasteiger partial charge in [0.1, 0.15) is 0 Å². The van der Waals surface area contributed by atoms with Gasteiger partial charge in [-0.25, -0.2) is 0 Å². The van der Waals surface area contributed by atoms with Crippen molar-refractivity contribution in [2.75, 3.05) is 12.0 Å². The summed E-state index contributed by atoms with van der Waals surface area (Å²) in [6.07, 6.45) is 20.4. The van der Waals surface area contributed by atoms with Gasteiger partial charge in [0.25, 0.3) is 0 Å². The zero-order valence-electron chi connectivity index (χ0n) is 21.7. The second-order valence-electron chi connectivity index (χ2n) is 9.86. The first kappa shape index (κ1) is 29.2. The third-order valence-electron chi connectivity index (χ3n) is 7.25. The van der Waals surface area contributed by atoms with Crippen LogP contribution in [0.2, 0.25) is 0 Å². The maximum absolute atomic E-state index is 5.75. The predicted octanol–water partition coefficient (Wildman–Crippen LogP) is 9.91. The van der Waals surface area contributed by atoms with E-state index in [0.717, 1.165) is 18.5 Å². The number of rotatable bonds is 17. The number of unbranched alkanes of at least 4 members (excludes halogenated alkanes) is 10. The van der Waals surface area contributed by atoms with Crippen LogP contribution in [-0.2, 0) is 0 Å². The van der Waals surface area contributed by atoms with Gasteiger partial charge in [-0.1, -0.05) is 6.42 Å². The van der Waals surface area contributed by atoms with E-state index in [4.69, 9.17) is 11.6 Å². The van der Waals surface area contributed by atoms with Crippen LogP contribution in [0.15, 0.2) is 103 Å². The van der Waals surface area contributed by atoms with Crippen LogP contribution in [0.5, 0.6) is 0 Å². The molecule has 0 N–H and O–H groups in total. The fourth-order valence-corrected chi connectivity index (χ4v) is 12.4. The Kier molecular flexibility index (Phi) is 12.8. The van der Waals surface area contributed by atoms with Gasteiger partial charge < -0.3 is 0 Å². The average molecular weight is 586 g/mol. The van der Waals surface area contributed by atoms with Crippen molar-refractivity contribution in [2.45, 2.75) is 70.6 Å². The van der Waals surface area contributed by atoms with Crippen molar-refractivity contribution in [1.29, 1.82) is 0 Å². The van der Waals surface area contributed by atoms with E-state index in [1.807, 2.05) is 0 Å². The van der Waals surface area contributed by atoms with Gasteiger partial charge in [0, 0.05) is 5.88 Å². The molecule has 0 unspecified atom stereocenters. The topological polar surface area (TPSA) is 0 Å². The fourth-order valence-electron chi connectivity index (χ4n) is 5.14. The Morgan fingerprint density at radius 2 is 0.861 bits per heavy atom. The molecule has 0 atom stereocenters. The van der Waals surface area contributed by atoms with Crippen LogP contribution < -0.4 is 15.9 Å². The standard InChI is InChI=1S/C33H43BrClP/c34-36(31-23-15-12-16-24-31,32-25-17-13-18-26-32,33-27-19-14-20-28-33)30-22-11-9-7-5-3-1-2-4-6-8-10-21-29-35/h11-20,22-28H,1-10,21,29-30H2. The van der Waals surface area contributed by atoms with Crippen LogP contribution >= 0.6 is 32.4 Å². The Balaban J connectivity index is 1.61. The third-order valence-corrected chi connectivity index (χ3v) is 17.1. The van der Waals surface area contributed by atoms with Gasteiger partial charge in [0.15, 0.2) is 0 Å². The summed E-state index contributed by atoms with van der Waals surface area (Å²) in [5, 5.41) is 1.33. The molecule has 0 nitrogen and oxygen atoms in total. The minimum absolute atomic E-state index is 0.818. The van der Waals surface area contributed by atoms with Crippen LogP contribution in [0.1, 0.15) is 70.6 Å². The Morgan fingerprint density at radius 1 is 0.500 bits per heavy atom. The van der Waals surface area contributed by atoms with Crippen molar-refractivity contribution < 1.29 is 0 Å². The van der Waals surface area contributed by atoms with E-state index in [0.29, 0.717) is 0 Å². The average Bonchev–Trinajstić information content (AvgIpc) is 2.94. The second kappa shape index (κ2) is 15.8. The van der Waals surface area contributed by atoms with Crippen LogP contribution in [0.25, 0.3) is 0 Å². The van der Waals surface area contributed by atoms with E-state index in [1.165, 1.54) is 80.1 Å². The molecule has 0 radical (unpaired) electrons. The van der Waals surface area contributed by atoms with E-state index in [9.17, 15) is 0 Å². The van der Waals surface area contributed by atoms with Gasteiger partial charge in [-0.05, 0) is 6.42 Å². The number of alkyl halides is 1. The van der Waals surface area contributed by atoms with Crippen LogP contribution in [0, 0.1) is 0 Å². The molecule has 3 heteroatoms. The molecule has 3 rings (SSSR count). The molecular formula is C33H43BrClP. The van der Waals surface area contributed by atoms with E-state index >= 15 is 0 Å².